The smallest absolute Gasteiger partial charge is 0.276 e. The van der Waals surface area contributed by atoms with Crippen molar-refractivity contribution in [3.63, 3.8) is 0 Å². The first-order valence-electron chi connectivity index (χ1n) is 5.46. The van der Waals surface area contributed by atoms with E-state index in [0.717, 1.165) is 11.3 Å². The van der Waals surface area contributed by atoms with Crippen molar-refractivity contribution in [3.05, 3.63) is 23.7 Å². The minimum absolute atomic E-state index is 0.357. The van der Waals surface area contributed by atoms with E-state index in [9.17, 15) is 0 Å². The van der Waals surface area contributed by atoms with Crippen LogP contribution in [0.5, 0.6) is 5.75 Å². The molecule has 0 atom stereocenters. The Morgan fingerprint density at radius 2 is 2.12 bits per heavy atom. The zero-order valence-corrected chi connectivity index (χ0v) is 10.4. The molecule has 0 saturated heterocycles. The third kappa shape index (κ3) is 2.27. The van der Waals surface area contributed by atoms with E-state index >= 15 is 0 Å². The van der Waals surface area contributed by atoms with Crippen LogP contribution in [-0.4, -0.2) is 22.2 Å². The number of rotatable bonds is 3. The normalized spacial score (nSPS) is 10.9. The lowest BCUT2D eigenvalue weighted by molar-refractivity contribution is 0.404. The molecule has 5 nitrogen and oxygen atoms in total. The molecule has 2 aromatic heterocycles. The van der Waals surface area contributed by atoms with Crippen molar-refractivity contribution in [2.75, 3.05) is 7.11 Å². The fourth-order valence-corrected chi connectivity index (χ4v) is 1.58. The molecule has 5 heteroatoms. The van der Waals surface area contributed by atoms with E-state index in [1.54, 1.807) is 20.2 Å². The van der Waals surface area contributed by atoms with Crippen molar-refractivity contribution in [2.24, 2.45) is 0 Å². The Morgan fingerprint density at radius 1 is 1.35 bits per heavy atom. The Kier molecular flexibility index (Phi) is 3.08. The predicted molar refractivity (Wildman–Crippen MR) is 62.9 cm³/mol. The summed E-state index contributed by atoms with van der Waals surface area (Å²) in [5.74, 6) is 2.15. The van der Waals surface area contributed by atoms with Gasteiger partial charge in [0.1, 0.15) is 11.4 Å². The predicted octanol–water partition coefficient (Wildman–Crippen LogP) is 2.57. The van der Waals surface area contributed by atoms with Gasteiger partial charge in [-0.2, -0.15) is 4.98 Å². The van der Waals surface area contributed by atoms with E-state index in [-0.39, 0.29) is 0 Å². The van der Waals surface area contributed by atoms with Gasteiger partial charge in [0.15, 0.2) is 5.82 Å². The van der Waals surface area contributed by atoms with Crippen LogP contribution in [0.3, 0.4) is 0 Å². The van der Waals surface area contributed by atoms with E-state index in [1.807, 2.05) is 6.07 Å². The molecule has 0 saturated carbocycles. The zero-order valence-electron chi connectivity index (χ0n) is 10.4. The highest BCUT2D eigenvalue weighted by molar-refractivity contribution is 5.52. The quantitative estimate of drug-likeness (QED) is 0.815. The Hall–Kier alpha value is -1.91. The van der Waals surface area contributed by atoms with Crippen LogP contribution in [0.25, 0.3) is 11.6 Å². The van der Waals surface area contributed by atoms with Crippen molar-refractivity contribution in [3.8, 4) is 17.3 Å². The average Bonchev–Trinajstić information content (AvgIpc) is 2.75. The molecule has 0 aromatic carbocycles. The van der Waals surface area contributed by atoms with Gasteiger partial charge in [0.05, 0.1) is 7.11 Å². The summed E-state index contributed by atoms with van der Waals surface area (Å²) in [6.45, 7) is 5.96. The number of ether oxygens (including phenoxy) is 1. The maximum Gasteiger partial charge on any atom is 0.276 e. The number of nitrogens with zero attached hydrogens (tertiary/aromatic N) is 3. The highest BCUT2D eigenvalue weighted by Gasteiger charge is 2.13. The highest BCUT2D eigenvalue weighted by atomic mass is 16.5. The maximum atomic E-state index is 5.35. The summed E-state index contributed by atoms with van der Waals surface area (Å²) < 4.78 is 10.4. The van der Waals surface area contributed by atoms with Gasteiger partial charge in [0.2, 0.25) is 0 Å². The molecule has 0 radical (unpaired) electrons. The molecule has 2 rings (SSSR count). The third-order valence-corrected chi connectivity index (χ3v) is 2.48. The van der Waals surface area contributed by atoms with Crippen molar-refractivity contribution >= 4 is 0 Å². The maximum absolute atomic E-state index is 5.35. The molecular weight excluding hydrogens is 218 g/mol. The summed E-state index contributed by atoms with van der Waals surface area (Å²) in [6, 6.07) is 1.82. The Morgan fingerprint density at radius 3 is 2.65 bits per heavy atom. The first-order chi connectivity index (χ1) is 8.11. The Bertz CT molecular complexity index is 520. The molecule has 0 amide bonds. The summed E-state index contributed by atoms with van der Waals surface area (Å²) in [6.07, 6.45) is 1.79. The Labute approximate surface area is 99.8 Å². The third-order valence-electron chi connectivity index (χ3n) is 2.48. The van der Waals surface area contributed by atoms with Gasteiger partial charge in [-0.25, -0.2) is 0 Å². The fraction of sp³-hybridized carbons (Fsp3) is 0.417. The first kappa shape index (κ1) is 11.6. The number of aryl methyl sites for hydroxylation is 1. The van der Waals surface area contributed by atoms with Gasteiger partial charge in [-0.3, -0.25) is 4.98 Å². The Balaban J connectivity index is 2.44. The van der Waals surface area contributed by atoms with E-state index in [4.69, 9.17) is 9.26 Å². The molecule has 0 N–H and O–H groups in total. The molecule has 0 fully saturated rings. The van der Waals surface area contributed by atoms with Crippen LogP contribution in [-0.2, 0) is 0 Å². The number of aromatic nitrogens is 3. The van der Waals surface area contributed by atoms with Crippen molar-refractivity contribution in [1.29, 1.82) is 0 Å². The summed E-state index contributed by atoms with van der Waals surface area (Å²) in [5.41, 5.74) is 1.69. The van der Waals surface area contributed by atoms with Crippen molar-refractivity contribution < 1.29 is 9.26 Å². The minimum atomic E-state index is 0.357. The van der Waals surface area contributed by atoms with E-state index < -0.39 is 0 Å². The van der Waals surface area contributed by atoms with Crippen LogP contribution in [0.2, 0.25) is 0 Å². The number of hydrogen-bond acceptors (Lipinski definition) is 5. The molecule has 0 bridgehead atoms. The second kappa shape index (κ2) is 4.53. The molecule has 0 spiro atoms. The number of hydrogen-bond donors (Lipinski definition) is 0. The van der Waals surface area contributed by atoms with Gasteiger partial charge in [-0.05, 0) is 12.8 Å². The van der Waals surface area contributed by atoms with Crippen LogP contribution in [0.15, 0.2) is 16.8 Å². The number of pyridine rings is 1. The molecule has 0 aliphatic heterocycles. The lowest BCUT2D eigenvalue weighted by atomic mass is 10.0. The monoisotopic (exact) mass is 233 g/mol. The first-order valence-corrected chi connectivity index (χ1v) is 5.46. The largest absolute Gasteiger partial charge is 0.496 e. The molecule has 17 heavy (non-hydrogen) atoms. The minimum Gasteiger partial charge on any atom is -0.496 e. The lowest BCUT2D eigenvalue weighted by Crippen LogP contribution is -1.97. The van der Waals surface area contributed by atoms with Crippen LogP contribution in [0.1, 0.15) is 31.2 Å². The molecular formula is C12H15N3O2. The van der Waals surface area contributed by atoms with E-state index in [0.29, 0.717) is 23.3 Å². The van der Waals surface area contributed by atoms with Gasteiger partial charge in [0.25, 0.3) is 5.89 Å². The van der Waals surface area contributed by atoms with E-state index in [1.165, 1.54) is 0 Å². The molecule has 0 aliphatic rings. The fourth-order valence-electron chi connectivity index (χ4n) is 1.58. The summed E-state index contributed by atoms with van der Waals surface area (Å²) >= 11 is 0. The standard InChI is InChI=1S/C12H15N3O2/c1-7(2)9-6-13-10(5-11(9)16-4)12-14-8(3)15-17-12/h5-7H,1-4H3. The SMILES string of the molecule is COc1cc(-c2nc(C)no2)ncc1C(C)C. The second-order valence-electron chi connectivity index (χ2n) is 4.11. The van der Waals surface area contributed by atoms with Crippen LogP contribution in [0.4, 0.5) is 0 Å². The van der Waals surface area contributed by atoms with Gasteiger partial charge in [-0.1, -0.05) is 19.0 Å². The van der Waals surface area contributed by atoms with Gasteiger partial charge in [0, 0.05) is 17.8 Å². The summed E-state index contributed by atoms with van der Waals surface area (Å²) in [7, 11) is 1.64. The molecule has 2 aromatic rings. The van der Waals surface area contributed by atoms with Crippen LogP contribution < -0.4 is 4.74 Å². The second-order valence-corrected chi connectivity index (χ2v) is 4.11. The molecule has 0 aliphatic carbocycles. The molecule has 90 valence electrons. The topological polar surface area (TPSA) is 61.0 Å². The molecule has 2 heterocycles. The van der Waals surface area contributed by atoms with Gasteiger partial charge >= 0.3 is 0 Å². The van der Waals surface area contributed by atoms with Gasteiger partial charge in [-0.15, -0.1) is 0 Å². The van der Waals surface area contributed by atoms with E-state index in [2.05, 4.69) is 29.0 Å². The summed E-state index contributed by atoms with van der Waals surface area (Å²) in [5, 5.41) is 3.74. The lowest BCUT2D eigenvalue weighted by Gasteiger charge is -2.11. The van der Waals surface area contributed by atoms with Crippen molar-refractivity contribution in [1.82, 2.24) is 15.1 Å². The van der Waals surface area contributed by atoms with Crippen LogP contribution in [0, 0.1) is 6.92 Å². The van der Waals surface area contributed by atoms with Gasteiger partial charge < -0.3 is 9.26 Å². The van der Waals surface area contributed by atoms with Crippen molar-refractivity contribution in [2.45, 2.75) is 26.7 Å². The molecule has 0 unspecified atom stereocenters. The zero-order chi connectivity index (χ0) is 12.4. The number of methoxy groups -OCH3 is 1. The van der Waals surface area contributed by atoms with Crippen LogP contribution >= 0.6 is 0 Å². The highest BCUT2D eigenvalue weighted by Crippen LogP contribution is 2.28. The average molecular weight is 233 g/mol. The summed E-state index contributed by atoms with van der Waals surface area (Å²) in [4.78, 5) is 8.45.